The summed E-state index contributed by atoms with van der Waals surface area (Å²) in [5, 5.41) is 5.59. The van der Waals surface area contributed by atoms with E-state index in [1.165, 1.54) is 22.4 Å². The SMILES string of the molecule is C/C1=C\CCC2(CCN(C(=O)CCn3[nH]c(=O)ccc3=O)CC2)CNC(=O)c2ccccc2OCC1. The predicted molar refractivity (Wildman–Crippen MR) is 136 cm³/mol. The first kappa shape index (κ1) is 25.5. The van der Waals surface area contributed by atoms with Gasteiger partial charge in [0, 0.05) is 44.6 Å². The summed E-state index contributed by atoms with van der Waals surface area (Å²) in [6.07, 6.45) is 6.61. The van der Waals surface area contributed by atoms with E-state index in [0.29, 0.717) is 37.6 Å². The van der Waals surface area contributed by atoms with Crippen LogP contribution in [0.5, 0.6) is 5.75 Å². The minimum Gasteiger partial charge on any atom is -0.492 e. The topological polar surface area (TPSA) is 114 Å². The number of aromatic nitrogens is 2. The Labute approximate surface area is 210 Å². The lowest BCUT2D eigenvalue weighted by Crippen LogP contribution is -2.48. The van der Waals surface area contributed by atoms with Crippen LogP contribution in [0.4, 0.5) is 0 Å². The average molecular weight is 495 g/mol. The highest BCUT2D eigenvalue weighted by Crippen LogP contribution is 2.36. The molecule has 2 aliphatic rings. The van der Waals surface area contributed by atoms with E-state index in [2.05, 4.69) is 23.4 Å². The van der Waals surface area contributed by atoms with E-state index in [0.717, 1.165) is 32.1 Å². The summed E-state index contributed by atoms with van der Waals surface area (Å²) in [6, 6.07) is 9.70. The molecule has 0 saturated carbocycles. The van der Waals surface area contributed by atoms with Crippen molar-refractivity contribution in [3.05, 3.63) is 74.3 Å². The quantitative estimate of drug-likeness (QED) is 0.637. The number of aromatic amines is 1. The third kappa shape index (κ3) is 6.33. The minimum absolute atomic E-state index is 0.0445. The lowest BCUT2D eigenvalue weighted by atomic mass is 9.74. The monoisotopic (exact) mass is 494 g/mol. The summed E-state index contributed by atoms with van der Waals surface area (Å²) >= 11 is 0. The van der Waals surface area contributed by atoms with Crippen LogP contribution in [0.25, 0.3) is 0 Å². The van der Waals surface area contributed by atoms with Gasteiger partial charge in [-0.1, -0.05) is 23.8 Å². The lowest BCUT2D eigenvalue weighted by Gasteiger charge is -2.42. The molecular weight excluding hydrogens is 460 g/mol. The molecule has 9 nitrogen and oxygen atoms in total. The van der Waals surface area contributed by atoms with E-state index in [4.69, 9.17) is 4.74 Å². The van der Waals surface area contributed by atoms with Gasteiger partial charge in [-0.15, -0.1) is 0 Å². The summed E-state index contributed by atoms with van der Waals surface area (Å²) in [5.74, 6) is 0.405. The number of hydrogen-bond acceptors (Lipinski definition) is 5. The highest BCUT2D eigenvalue weighted by atomic mass is 16.5. The van der Waals surface area contributed by atoms with E-state index >= 15 is 0 Å². The van der Waals surface area contributed by atoms with Crippen molar-refractivity contribution in [3.63, 3.8) is 0 Å². The molecule has 0 radical (unpaired) electrons. The molecule has 2 aliphatic heterocycles. The first-order valence-electron chi connectivity index (χ1n) is 12.6. The van der Waals surface area contributed by atoms with Crippen LogP contribution in [0.1, 0.15) is 55.8 Å². The number of aryl methyl sites for hydroxylation is 1. The van der Waals surface area contributed by atoms with Gasteiger partial charge < -0.3 is 15.0 Å². The number of para-hydroxylation sites is 1. The Kier molecular flexibility index (Phi) is 8.07. The molecule has 0 unspecified atom stereocenters. The average Bonchev–Trinajstić information content (AvgIpc) is 2.89. The van der Waals surface area contributed by atoms with E-state index in [1.54, 1.807) is 6.07 Å². The number of amides is 2. The lowest BCUT2D eigenvalue weighted by molar-refractivity contribution is -0.133. The Morgan fingerprint density at radius 3 is 2.64 bits per heavy atom. The van der Waals surface area contributed by atoms with Crippen molar-refractivity contribution in [2.24, 2.45) is 5.41 Å². The molecule has 0 atom stereocenters. The normalized spacial score (nSPS) is 20.0. The number of fused-ring (bicyclic) bond motifs is 1. The van der Waals surface area contributed by atoms with Crippen LogP contribution in [0.3, 0.4) is 0 Å². The Morgan fingerprint density at radius 2 is 1.83 bits per heavy atom. The summed E-state index contributed by atoms with van der Waals surface area (Å²) in [5.41, 5.74) is 0.989. The number of allylic oxidation sites excluding steroid dienone is 1. The van der Waals surface area contributed by atoms with Gasteiger partial charge in [0.05, 0.1) is 18.7 Å². The predicted octanol–water partition coefficient (Wildman–Crippen LogP) is 2.47. The van der Waals surface area contributed by atoms with Crippen molar-refractivity contribution in [1.29, 1.82) is 0 Å². The van der Waals surface area contributed by atoms with E-state index in [1.807, 2.05) is 23.1 Å². The molecule has 4 rings (SSSR count). The number of H-pyrrole nitrogens is 1. The van der Waals surface area contributed by atoms with Crippen LogP contribution in [0.15, 0.2) is 57.6 Å². The van der Waals surface area contributed by atoms with Crippen LogP contribution in [-0.4, -0.2) is 52.7 Å². The Balaban J connectivity index is 1.41. The maximum Gasteiger partial charge on any atom is 0.265 e. The van der Waals surface area contributed by atoms with Crippen molar-refractivity contribution in [3.8, 4) is 5.75 Å². The second-order valence-electron chi connectivity index (χ2n) is 9.80. The van der Waals surface area contributed by atoms with Crippen LogP contribution < -0.4 is 21.2 Å². The minimum atomic E-state index is -0.374. The summed E-state index contributed by atoms with van der Waals surface area (Å²) < 4.78 is 7.08. The van der Waals surface area contributed by atoms with Gasteiger partial charge >= 0.3 is 0 Å². The van der Waals surface area contributed by atoms with Crippen LogP contribution in [0, 0.1) is 5.41 Å². The second-order valence-corrected chi connectivity index (χ2v) is 9.80. The molecule has 3 heterocycles. The molecule has 9 heteroatoms. The van der Waals surface area contributed by atoms with Gasteiger partial charge in [0.1, 0.15) is 5.75 Å². The zero-order valence-electron chi connectivity index (χ0n) is 20.8. The maximum atomic E-state index is 13.0. The number of nitrogens with one attached hydrogen (secondary N) is 2. The number of ether oxygens (including phenoxy) is 1. The molecular formula is C27H34N4O5. The number of rotatable bonds is 3. The molecule has 0 bridgehead atoms. The number of carbonyl (C=O) groups excluding carboxylic acids is 2. The van der Waals surface area contributed by atoms with Crippen LogP contribution in [-0.2, 0) is 11.3 Å². The van der Waals surface area contributed by atoms with Gasteiger partial charge in [0.25, 0.3) is 17.0 Å². The molecule has 2 aromatic rings. The molecule has 2 N–H and O–H groups in total. The first-order chi connectivity index (χ1) is 17.3. The van der Waals surface area contributed by atoms with Gasteiger partial charge in [0.15, 0.2) is 0 Å². The number of nitrogens with zero attached hydrogens (tertiary/aromatic N) is 2. The molecule has 2 amide bonds. The van der Waals surface area contributed by atoms with Gasteiger partial charge in [0.2, 0.25) is 5.91 Å². The first-order valence-corrected chi connectivity index (χ1v) is 12.6. The summed E-state index contributed by atoms with van der Waals surface area (Å²) in [7, 11) is 0. The molecule has 1 aromatic carbocycles. The van der Waals surface area contributed by atoms with Crippen LogP contribution >= 0.6 is 0 Å². The zero-order chi connectivity index (χ0) is 25.5. The summed E-state index contributed by atoms with van der Waals surface area (Å²) in [4.78, 5) is 51.1. The molecule has 36 heavy (non-hydrogen) atoms. The molecule has 192 valence electrons. The van der Waals surface area contributed by atoms with Crippen molar-refractivity contribution in [2.75, 3.05) is 26.2 Å². The largest absolute Gasteiger partial charge is 0.492 e. The van der Waals surface area contributed by atoms with Crippen LogP contribution in [0.2, 0.25) is 0 Å². The second kappa shape index (κ2) is 11.4. The summed E-state index contributed by atoms with van der Waals surface area (Å²) in [6.45, 7) is 4.50. The van der Waals surface area contributed by atoms with Crippen molar-refractivity contribution < 1.29 is 14.3 Å². The number of carbonyl (C=O) groups is 2. The molecule has 1 spiro atoms. The van der Waals surface area contributed by atoms with E-state index < -0.39 is 0 Å². The molecule has 1 fully saturated rings. The highest BCUT2D eigenvalue weighted by molar-refractivity contribution is 5.96. The van der Waals surface area contributed by atoms with E-state index in [-0.39, 0.29) is 41.3 Å². The fourth-order valence-corrected chi connectivity index (χ4v) is 4.93. The molecule has 1 saturated heterocycles. The maximum absolute atomic E-state index is 13.0. The number of hydrogen-bond donors (Lipinski definition) is 2. The Morgan fingerprint density at radius 1 is 1.06 bits per heavy atom. The molecule has 0 aliphatic carbocycles. The third-order valence-corrected chi connectivity index (χ3v) is 7.29. The highest BCUT2D eigenvalue weighted by Gasteiger charge is 2.36. The van der Waals surface area contributed by atoms with Crippen molar-refractivity contribution >= 4 is 11.8 Å². The van der Waals surface area contributed by atoms with Gasteiger partial charge in [-0.2, -0.15) is 0 Å². The third-order valence-electron chi connectivity index (χ3n) is 7.29. The fourth-order valence-electron chi connectivity index (χ4n) is 4.93. The van der Waals surface area contributed by atoms with Gasteiger partial charge in [-0.05, 0) is 50.2 Å². The number of benzene rings is 1. The number of piperidine rings is 1. The fraction of sp³-hybridized carbons (Fsp3) is 0.481. The standard InChI is InChI=1S/C27H34N4O5/c1-20-5-4-12-27(19-28-26(35)21-6-2-3-7-22(21)36-18-11-20)13-16-30(17-14-27)24(33)10-15-31-25(34)9-8-23(32)29-31/h2-3,5-9H,4,10-19H2,1H3,(H,28,35)(H,29,32)/b20-5+. The zero-order valence-corrected chi connectivity index (χ0v) is 20.8. The Hall–Kier alpha value is -3.62. The van der Waals surface area contributed by atoms with Crippen molar-refractivity contribution in [1.82, 2.24) is 20.0 Å². The smallest absolute Gasteiger partial charge is 0.265 e. The number of likely N-dealkylation sites (tertiary alicyclic amines) is 1. The van der Waals surface area contributed by atoms with Gasteiger partial charge in [-0.3, -0.25) is 24.3 Å². The molecule has 1 aromatic heterocycles. The van der Waals surface area contributed by atoms with E-state index in [9.17, 15) is 19.2 Å². The van der Waals surface area contributed by atoms with Crippen molar-refractivity contribution in [2.45, 2.75) is 52.0 Å². The van der Waals surface area contributed by atoms with Gasteiger partial charge in [-0.25, -0.2) is 4.68 Å². The Bertz CT molecular complexity index is 1240.